The Morgan fingerprint density at radius 2 is 1.49 bits per heavy atom. The summed E-state index contributed by atoms with van der Waals surface area (Å²) in [6.07, 6.45) is -15.2. The number of alkyl halides is 9. The van der Waals surface area contributed by atoms with Gasteiger partial charge in [0, 0.05) is 5.56 Å². The molecule has 0 saturated heterocycles. The summed E-state index contributed by atoms with van der Waals surface area (Å²) in [5, 5.41) is 2.57. The Hall–Kier alpha value is -2.52. The molecular formula is C22H13BrCl2F10N2O2. The molecule has 2 rings (SSSR count). The molecule has 4 nitrogen and oxygen atoms in total. The normalized spacial score (nSPS) is 13.7. The summed E-state index contributed by atoms with van der Waals surface area (Å²) in [5.41, 5.74) is -4.55. The molecular weight excluding hydrogens is 665 g/mol. The van der Waals surface area contributed by atoms with E-state index in [1.54, 1.807) is 5.32 Å². The van der Waals surface area contributed by atoms with Crippen LogP contribution in [0.25, 0.3) is 5.83 Å². The van der Waals surface area contributed by atoms with Crippen LogP contribution in [0.1, 0.15) is 33.0 Å². The van der Waals surface area contributed by atoms with E-state index in [1.807, 2.05) is 0 Å². The van der Waals surface area contributed by atoms with Crippen LogP contribution < -0.4 is 10.6 Å². The molecule has 0 fully saturated rings. The Kier molecular flexibility index (Phi) is 10.3. The molecule has 1 unspecified atom stereocenters. The van der Waals surface area contributed by atoms with E-state index in [4.69, 9.17) is 23.2 Å². The minimum absolute atomic E-state index is 0.00385. The van der Waals surface area contributed by atoms with Crippen LogP contribution in [0.2, 0.25) is 10.0 Å². The van der Waals surface area contributed by atoms with Crippen molar-refractivity contribution in [3.63, 3.8) is 0 Å². The van der Waals surface area contributed by atoms with Gasteiger partial charge < -0.3 is 10.6 Å². The van der Waals surface area contributed by atoms with Gasteiger partial charge in [0.1, 0.15) is 18.3 Å². The second kappa shape index (κ2) is 12.3. The quantitative estimate of drug-likeness (QED) is 0.232. The molecule has 2 amide bonds. The Balaban J connectivity index is 2.41. The van der Waals surface area contributed by atoms with E-state index in [-0.39, 0.29) is 26.7 Å². The zero-order valence-corrected chi connectivity index (χ0v) is 21.8. The van der Waals surface area contributed by atoms with Crippen molar-refractivity contribution in [3.8, 4) is 0 Å². The maximum Gasteiger partial charge on any atom is 0.417 e. The fourth-order valence-electron chi connectivity index (χ4n) is 3.02. The van der Waals surface area contributed by atoms with E-state index >= 15 is 0 Å². The van der Waals surface area contributed by atoms with Crippen LogP contribution in [-0.2, 0) is 11.0 Å². The van der Waals surface area contributed by atoms with Crippen molar-refractivity contribution in [2.24, 2.45) is 0 Å². The zero-order valence-electron chi connectivity index (χ0n) is 18.7. The number of rotatable bonds is 7. The van der Waals surface area contributed by atoms with E-state index < -0.39 is 77.4 Å². The van der Waals surface area contributed by atoms with Crippen molar-refractivity contribution >= 4 is 56.8 Å². The number of benzene rings is 2. The second-order valence-electron chi connectivity index (χ2n) is 7.67. The molecule has 0 bridgehead atoms. The lowest BCUT2D eigenvalue weighted by Gasteiger charge is -2.19. The number of allylic oxidation sites excluding steroid dienone is 1. The van der Waals surface area contributed by atoms with E-state index in [9.17, 15) is 53.5 Å². The molecule has 39 heavy (non-hydrogen) atoms. The van der Waals surface area contributed by atoms with Crippen LogP contribution in [-0.4, -0.2) is 37.3 Å². The standard InChI is InChI=1S/C22H13BrCl2F10N2O2/c23-18-14(24)4-10(5-15(18)25)12(21(30,31)32)6-16(26)9-1-2-11(13(3-9)22(33,34)35)19(39)36-7-17(38)37-8-20(27,28)29/h1-6,12H,7-8H2,(H,36,39)(H,37,38). The van der Waals surface area contributed by atoms with Gasteiger partial charge in [-0.2, -0.15) is 39.5 Å². The SMILES string of the molecule is O=C(CNC(=O)c1ccc(C(F)=CC(c2cc(Cl)c(Br)c(Cl)c2)C(F)(F)F)cc1C(F)(F)F)NCC(F)(F)F. The number of carbonyl (C=O) groups excluding carboxylic acids is 2. The molecule has 214 valence electrons. The summed E-state index contributed by atoms with van der Waals surface area (Å²) >= 11 is 14.6. The van der Waals surface area contributed by atoms with Gasteiger partial charge in [-0.1, -0.05) is 29.3 Å². The summed E-state index contributed by atoms with van der Waals surface area (Å²) in [5.74, 6) is -7.36. The Labute approximate surface area is 231 Å². The molecule has 0 radical (unpaired) electrons. The van der Waals surface area contributed by atoms with Gasteiger partial charge in [0.15, 0.2) is 0 Å². The number of amides is 2. The van der Waals surface area contributed by atoms with Crippen molar-refractivity contribution < 1.29 is 53.5 Å². The number of carbonyl (C=O) groups is 2. The summed E-state index contributed by atoms with van der Waals surface area (Å²) in [6, 6.07) is 2.75. The molecule has 0 aliphatic carbocycles. The first-order valence-electron chi connectivity index (χ1n) is 10.1. The number of hydrogen-bond donors (Lipinski definition) is 2. The van der Waals surface area contributed by atoms with Gasteiger partial charge in [-0.15, -0.1) is 0 Å². The minimum atomic E-state index is -5.32. The van der Waals surface area contributed by atoms with Gasteiger partial charge in [0.25, 0.3) is 5.91 Å². The van der Waals surface area contributed by atoms with Gasteiger partial charge in [-0.3, -0.25) is 9.59 Å². The maximum atomic E-state index is 14.9. The first-order chi connectivity index (χ1) is 17.7. The average Bonchev–Trinajstić information content (AvgIpc) is 2.80. The molecule has 17 heteroatoms. The Bertz CT molecular complexity index is 1250. The molecule has 1 atom stereocenters. The fourth-order valence-corrected chi connectivity index (χ4v) is 3.75. The summed E-state index contributed by atoms with van der Waals surface area (Å²) in [4.78, 5) is 23.6. The lowest BCUT2D eigenvalue weighted by molar-refractivity contribution is -0.140. The van der Waals surface area contributed by atoms with Crippen LogP contribution in [0.15, 0.2) is 40.9 Å². The van der Waals surface area contributed by atoms with Gasteiger partial charge >= 0.3 is 18.5 Å². The van der Waals surface area contributed by atoms with Crippen LogP contribution in [0.4, 0.5) is 43.9 Å². The zero-order chi connectivity index (χ0) is 29.9. The largest absolute Gasteiger partial charge is 0.417 e. The molecule has 0 aliphatic rings. The highest BCUT2D eigenvalue weighted by Gasteiger charge is 2.41. The van der Waals surface area contributed by atoms with Gasteiger partial charge in [-0.05, 0) is 51.8 Å². The summed E-state index contributed by atoms with van der Waals surface area (Å²) in [6.45, 7) is -2.89. The molecule has 2 aromatic carbocycles. The minimum Gasteiger partial charge on any atom is -0.345 e. The third kappa shape index (κ3) is 9.28. The van der Waals surface area contributed by atoms with Crippen molar-refractivity contribution in [2.45, 2.75) is 24.4 Å². The van der Waals surface area contributed by atoms with E-state index in [0.717, 1.165) is 12.1 Å². The van der Waals surface area contributed by atoms with Crippen LogP contribution in [0, 0.1) is 0 Å². The molecule has 0 saturated carbocycles. The van der Waals surface area contributed by atoms with E-state index in [1.165, 1.54) is 5.32 Å². The van der Waals surface area contributed by atoms with Crippen molar-refractivity contribution in [1.29, 1.82) is 0 Å². The van der Waals surface area contributed by atoms with Gasteiger partial charge in [-0.25, -0.2) is 4.39 Å². The molecule has 0 spiro atoms. The Morgan fingerprint density at radius 1 is 0.923 bits per heavy atom. The molecule has 0 aliphatic heterocycles. The monoisotopic (exact) mass is 676 g/mol. The van der Waals surface area contributed by atoms with Gasteiger partial charge in [0.05, 0.1) is 32.2 Å². The highest BCUT2D eigenvalue weighted by Crippen LogP contribution is 2.43. The molecule has 0 aromatic heterocycles. The maximum absolute atomic E-state index is 14.9. The van der Waals surface area contributed by atoms with Gasteiger partial charge in [0.2, 0.25) is 5.91 Å². The van der Waals surface area contributed by atoms with Crippen molar-refractivity contribution in [1.82, 2.24) is 10.6 Å². The fraction of sp³-hybridized carbons (Fsp3) is 0.273. The smallest absolute Gasteiger partial charge is 0.345 e. The highest BCUT2D eigenvalue weighted by molar-refractivity contribution is 9.10. The summed E-state index contributed by atoms with van der Waals surface area (Å²) < 4.78 is 133. The van der Waals surface area contributed by atoms with Crippen molar-refractivity contribution in [2.75, 3.05) is 13.1 Å². The molecule has 0 heterocycles. The number of nitrogens with one attached hydrogen (secondary N) is 2. The predicted molar refractivity (Wildman–Crippen MR) is 125 cm³/mol. The third-order valence-corrected chi connectivity index (χ3v) is 6.68. The van der Waals surface area contributed by atoms with Crippen molar-refractivity contribution in [3.05, 3.63) is 73.2 Å². The summed E-state index contributed by atoms with van der Waals surface area (Å²) in [7, 11) is 0. The van der Waals surface area contributed by atoms with Crippen LogP contribution >= 0.6 is 39.1 Å². The second-order valence-corrected chi connectivity index (χ2v) is 9.27. The first kappa shape index (κ1) is 32.7. The third-order valence-electron chi connectivity index (χ3n) is 4.77. The van der Waals surface area contributed by atoms with E-state index in [0.29, 0.717) is 12.1 Å². The van der Waals surface area contributed by atoms with Crippen LogP contribution in [0.3, 0.4) is 0 Å². The molecule has 2 N–H and O–H groups in total. The first-order valence-corrected chi connectivity index (χ1v) is 11.7. The highest BCUT2D eigenvalue weighted by atomic mass is 79.9. The number of halogens is 13. The topological polar surface area (TPSA) is 58.2 Å². The lowest BCUT2D eigenvalue weighted by atomic mass is 9.95. The Morgan fingerprint density at radius 3 is 1.97 bits per heavy atom. The van der Waals surface area contributed by atoms with E-state index in [2.05, 4.69) is 15.9 Å². The lowest BCUT2D eigenvalue weighted by Crippen LogP contribution is -2.41. The average molecular weight is 678 g/mol. The van der Waals surface area contributed by atoms with Crippen LogP contribution in [0.5, 0.6) is 0 Å². The number of hydrogen-bond acceptors (Lipinski definition) is 2. The predicted octanol–water partition coefficient (Wildman–Crippen LogP) is 7.84. The molecule has 2 aromatic rings.